The van der Waals surface area contributed by atoms with E-state index in [0.717, 1.165) is 52.1 Å². The van der Waals surface area contributed by atoms with Gasteiger partial charge in [0.1, 0.15) is 33.8 Å². The third kappa shape index (κ3) is 6.28. The number of carbonyl (C=O) groups is 2. The average molecular weight is 501 g/mol. The van der Waals surface area contributed by atoms with Gasteiger partial charge in [0.15, 0.2) is 0 Å². The molecule has 8 heteroatoms. The maximum atomic E-state index is 12.9. The van der Waals surface area contributed by atoms with Crippen LogP contribution in [0.25, 0.3) is 21.9 Å². The zero-order valence-electron chi connectivity index (χ0n) is 22.6. The minimum atomic E-state index is -0.415. The predicted octanol–water partition coefficient (Wildman–Crippen LogP) is 5.57. The van der Waals surface area contributed by atoms with Gasteiger partial charge in [-0.15, -0.1) is 0 Å². The van der Waals surface area contributed by atoms with Crippen molar-refractivity contribution in [2.75, 3.05) is 52.5 Å². The van der Waals surface area contributed by atoms with Gasteiger partial charge >= 0.3 is 11.9 Å². The van der Waals surface area contributed by atoms with Gasteiger partial charge in [-0.2, -0.15) is 0 Å². The molecule has 0 atom stereocenters. The summed E-state index contributed by atoms with van der Waals surface area (Å²) in [6, 6.07) is 3.50. The van der Waals surface area contributed by atoms with Crippen LogP contribution in [0.1, 0.15) is 72.8 Å². The van der Waals surface area contributed by atoms with Crippen LogP contribution in [0.15, 0.2) is 21.0 Å². The van der Waals surface area contributed by atoms with Crippen molar-refractivity contribution in [1.29, 1.82) is 0 Å². The Kier molecular flexibility index (Phi) is 9.96. The Balaban J connectivity index is 1.74. The highest BCUT2D eigenvalue weighted by Crippen LogP contribution is 2.34. The van der Waals surface area contributed by atoms with Crippen LogP contribution in [-0.4, -0.2) is 74.2 Å². The number of fused-ring (bicyclic) bond motifs is 2. The molecule has 198 valence electrons. The maximum Gasteiger partial charge on any atom is 0.342 e. The second kappa shape index (κ2) is 12.9. The largest absolute Gasteiger partial charge is 0.462 e. The molecule has 36 heavy (non-hydrogen) atoms. The molecule has 0 aliphatic rings. The van der Waals surface area contributed by atoms with E-state index in [9.17, 15) is 9.59 Å². The van der Waals surface area contributed by atoms with Crippen molar-refractivity contribution in [3.63, 3.8) is 0 Å². The normalized spacial score (nSPS) is 11.8. The summed E-state index contributed by atoms with van der Waals surface area (Å²) in [6.07, 6.45) is 1.54. The Labute approximate surface area is 213 Å². The van der Waals surface area contributed by atoms with E-state index >= 15 is 0 Å². The third-order valence-corrected chi connectivity index (χ3v) is 6.75. The van der Waals surface area contributed by atoms with Gasteiger partial charge in [0, 0.05) is 23.9 Å². The van der Waals surface area contributed by atoms with Crippen molar-refractivity contribution in [3.05, 3.63) is 34.8 Å². The summed E-state index contributed by atoms with van der Waals surface area (Å²) in [7, 11) is 0. The quantitative estimate of drug-likeness (QED) is 0.210. The predicted molar refractivity (Wildman–Crippen MR) is 141 cm³/mol. The van der Waals surface area contributed by atoms with Gasteiger partial charge in [-0.05, 0) is 65.0 Å². The van der Waals surface area contributed by atoms with Gasteiger partial charge in [-0.1, -0.05) is 27.7 Å². The number of rotatable bonds is 14. The first-order valence-electron chi connectivity index (χ1n) is 13.1. The molecule has 3 rings (SSSR count). The highest BCUT2D eigenvalue weighted by molar-refractivity contribution is 6.12. The lowest BCUT2D eigenvalue weighted by Gasteiger charge is -2.17. The summed E-state index contributed by atoms with van der Waals surface area (Å²) < 4.78 is 22.9. The van der Waals surface area contributed by atoms with Gasteiger partial charge in [-0.25, -0.2) is 9.59 Å². The fourth-order valence-corrected chi connectivity index (χ4v) is 4.57. The molecule has 0 fully saturated rings. The lowest BCUT2D eigenvalue weighted by molar-refractivity contribution is 0.0480. The molecule has 1 aromatic carbocycles. The third-order valence-electron chi connectivity index (χ3n) is 6.75. The zero-order chi connectivity index (χ0) is 26.2. The molecule has 0 spiro atoms. The molecular weight excluding hydrogens is 460 g/mol. The van der Waals surface area contributed by atoms with E-state index in [4.69, 9.17) is 18.3 Å². The number of carbonyl (C=O) groups excluding carboxylic acids is 2. The molecule has 2 heterocycles. The zero-order valence-corrected chi connectivity index (χ0v) is 22.6. The fourth-order valence-electron chi connectivity index (χ4n) is 4.57. The summed E-state index contributed by atoms with van der Waals surface area (Å²) in [4.78, 5) is 30.3. The van der Waals surface area contributed by atoms with E-state index in [2.05, 4.69) is 37.5 Å². The number of hydrogen-bond acceptors (Lipinski definition) is 8. The lowest BCUT2D eigenvalue weighted by Crippen LogP contribution is -2.25. The Morgan fingerprint density at radius 1 is 0.694 bits per heavy atom. The number of nitrogens with zero attached hydrogens (tertiary/aromatic N) is 2. The van der Waals surface area contributed by atoms with Crippen LogP contribution in [0.2, 0.25) is 0 Å². The average Bonchev–Trinajstić information content (AvgIpc) is 3.36. The van der Waals surface area contributed by atoms with Gasteiger partial charge in [0.05, 0.1) is 13.2 Å². The van der Waals surface area contributed by atoms with E-state index in [1.165, 1.54) is 0 Å². The summed E-state index contributed by atoms with van der Waals surface area (Å²) in [5.41, 5.74) is 1.80. The van der Waals surface area contributed by atoms with E-state index in [1.807, 2.05) is 0 Å². The molecule has 0 saturated carbocycles. The summed E-state index contributed by atoms with van der Waals surface area (Å²) in [5, 5.41) is 1.23. The molecule has 2 aromatic heterocycles. The molecule has 0 aliphatic heterocycles. The van der Waals surface area contributed by atoms with Gasteiger partial charge in [-0.3, -0.25) is 0 Å². The number of ether oxygens (including phenoxy) is 2. The number of hydrogen-bond donors (Lipinski definition) is 0. The molecule has 8 nitrogen and oxygen atoms in total. The molecule has 0 saturated heterocycles. The minimum Gasteiger partial charge on any atom is -0.462 e. The van der Waals surface area contributed by atoms with Crippen LogP contribution >= 0.6 is 0 Å². The van der Waals surface area contributed by atoms with E-state index in [-0.39, 0.29) is 0 Å². The summed E-state index contributed by atoms with van der Waals surface area (Å²) in [5.74, 6) is 0.120. The SMILES string of the molecule is CCN(CC)CCCOC(=O)c1c(C)oc2cc3c(C(=O)OCCCN(CC)CC)c(C)oc3cc12. The fraction of sp³-hybridized carbons (Fsp3) is 0.571. The van der Waals surface area contributed by atoms with E-state index in [0.29, 0.717) is 57.8 Å². The topological polar surface area (TPSA) is 85.4 Å². The molecule has 0 unspecified atom stereocenters. The molecule has 3 aromatic rings. The van der Waals surface area contributed by atoms with Crippen molar-refractivity contribution in [2.45, 2.75) is 54.4 Å². The highest BCUT2D eigenvalue weighted by Gasteiger charge is 2.25. The number of aryl methyl sites for hydroxylation is 2. The van der Waals surface area contributed by atoms with Crippen LogP contribution in [0, 0.1) is 13.8 Å². The molecule has 0 bridgehead atoms. The van der Waals surface area contributed by atoms with Crippen molar-refractivity contribution >= 4 is 33.9 Å². The van der Waals surface area contributed by atoms with Crippen molar-refractivity contribution in [1.82, 2.24) is 9.80 Å². The Morgan fingerprint density at radius 2 is 1.06 bits per heavy atom. The molecule has 0 aliphatic carbocycles. The number of esters is 2. The van der Waals surface area contributed by atoms with Gasteiger partial charge in [0.25, 0.3) is 0 Å². The molecule has 0 radical (unpaired) electrons. The Bertz CT molecular complexity index is 1080. The van der Waals surface area contributed by atoms with Crippen molar-refractivity contribution in [2.24, 2.45) is 0 Å². The van der Waals surface area contributed by atoms with E-state index < -0.39 is 11.9 Å². The van der Waals surface area contributed by atoms with Crippen LogP contribution in [-0.2, 0) is 9.47 Å². The standard InChI is InChI=1S/C28H40N2O6/c1-7-29(8-2)13-11-15-33-27(31)25-19(5)35-23-18-22-24(17-21(23)25)36-20(6)26(22)28(32)34-16-12-14-30(9-3)10-4/h17-18H,7-16H2,1-6H3. The number of furan rings is 2. The first-order chi connectivity index (χ1) is 17.3. The maximum absolute atomic E-state index is 12.9. The highest BCUT2D eigenvalue weighted by atomic mass is 16.5. The van der Waals surface area contributed by atoms with Crippen LogP contribution in [0.3, 0.4) is 0 Å². The first kappa shape index (κ1) is 27.7. The van der Waals surface area contributed by atoms with Crippen molar-refractivity contribution < 1.29 is 27.9 Å². The summed E-state index contributed by atoms with van der Waals surface area (Å²) >= 11 is 0. The van der Waals surface area contributed by atoms with Crippen molar-refractivity contribution in [3.8, 4) is 0 Å². The Morgan fingerprint density at radius 3 is 1.39 bits per heavy atom. The second-order valence-corrected chi connectivity index (χ2v) is 8.94. The number of benzene rings is 1. The first-order valence-corrected chi connectivity index (χ1v) is 13.1. The summed E-state index contributed by atoms with van der Waals surface area (Å²) in [6.45, 7) is 18.3. The molecule has 0 N–H and O–H groups in total. The van der Waals surface area contributed by atoms with Gasteiger partial charge < -0.3 is 28.1 Å². The Hall–Kier alpha value is -2.84. The molecule has 0 amide bonds. The molecular formula is C28H40N2O6. The van der Waals surface area contributed by atoms with Crippen LogP contribution in [0.4, 0.5) is 0 Å². The smallest absolute Gasteiger partial charge is 0.342 e. The minimum absolute atomic E-state index is 0.341. The van der Waals surface area contributed by atoms with Crippen LogP contribution in [0.5, 0.6) is 0 Å². The lowest BCUT2D eigenvalue weighted by atomic mass is 10.1. The van der Waals surface area contributed by atoms with E-state index in [1.54, 1.807) is 26.0 Å². The second-order valence-electron chi connectivity index (χ2n) is 8.94. The monoisotopic (exact) mass is 500 g/mol. The van der Waals surface area contributed by atoms with Gasteiger partial charge in [0.2, 0.25) is 0 Å². The van der Waals surface area contributed by atoms with Crippen LogP contribution < -0.4 is 0 Å².